The van der Waals surface area contributed by atoms with Crippen molar-refractivity contribution < 1.29 is 4.79 Å². The van der Waals surface area contributed by atoms with Gasteiger partial charge in [0.15, 0.2) is 0 Å². The van der Waals surface area contributed by atoms with E-state index in [1.54, 1.807) is 11.8 Å². The molecule has 1 amide bonds. The molecule has 1 atom stereocenters. The minimum absolute atomic E-state index is 0.0477. The molecule has 1 aromatic rings. The van der Waals surface area contributed by atoms with Gasteiger partial charge in [0, 0.05) is 12.2 Å². The van der Waals surface area contributed by atoms with E-state index in [1.165, 1.54) is 0 Å². The zero-order valence-corrected chi connectivity index (χ0v) is 10.1. The Hall–Kier alpha value is -1.02. The number of para-hydroxylation sites is 1. The second kappa shape index (κ2) is 5.17. The summed E-state index contributed by atoms with van der Waals surface area (Å²) in [5, 5.41) is -0.482. The Morgan fingerprint density at radius 2 is 2.07 bits per heavy atom. The predicted molar refractivity (Wildman–Crippen MR) is 64.5 cm³/mol. The number of aryl methyl sites for hydroxylation is 1. The summed E-state index contributed by atoms with van der Waals surface area (Å²) in [6, 6.07) is 7.82. The molecule has 1 rings (SSSR count). The van der Waals surface area contributed by atoms with E-state index < -0.39 is 5.38 Å². The highest BCUT2D eigenvalue weighted by Crippen LogP contribution is 2.20. The van der Waals surface area contributed by atoms with E-state index in [-0.39, 0.29) is 5.91 Å². The summed E-state index contributed by atoms with van der Waals surface area (Å²) < 4.78 is 0. The molecule has 0 fully saturated rings. The standard InChI is InChI=1S/C12H16ClNO/c1-4-14(12(15)10(3)13)11-8-6-5-7-9(11)2/h5-8,10H,4H2,1-3H3/t10-/m0/s1. The molecule has 0 spiro atoms. The summed E-state index contributed by atoms with van der Waals surface area (Å²) in [6.45, 7) is 6.28. The van der Waals surface area contributed by atoms with E-state index in [1.807, 2.05) is 38.1 Å². The van der Waals surface area contributed by atoms with Crippen LogP contribution in [0.2, 0.25) is 0 Å². The van der Waals surface area contributed by atoms with E-state index in [0.717, 1.165) is 11.3 Å². The van der Waals surface area contributed by atoms with Crippen LogP contribution < -0.4 is 4.90 Å². The van der Waals surface area contributed by atoms with Crippen LogP contribution in [0.3, 0.4) is 0 Å². The maximum Gasteiger partial charge on any atom is 0.244 e. The summed E-state index contributed by atoms with van der Waals surface area (Å²) in [5.41, 5.74) is 2.03. The van der Waals surface area contributed by atoms with Gasteiger partial charge in [-0.05, 0) is 32.4 Å². The molecule has 15 heavy (non-hydrogen) atoms. The molecule has 0 saturated carbocycles. The molecule has 0 saturated heterocycles. The van der Waals surface area contributed by atoms with Crippen LogP contribution in [0.15, 0.2) is 24.3 Å². The summed E-state index contributed by atoms with van der Waals surface area (Å²) in [7, 11) is 0. The lowest BCUT2D eigenvalue weighted by Gasteiger charge is -2.23. The first-order chi connectivity index (χ1) is 7.07. The molecule has 1 aromatic carbocycles. The molecule has 0 aliphatic rings. The Balaban J connectivity index is 3.03. The van der Waals surface area contributed by atoms with Crippen molar-refractivity contribution in [3.63, 3.8) is 0 Å². The monoisotopic (exact) mass is 225 g/mol. The van der Waals surface area contributed by atoms with Crippen LogP contribution in [0, 0.1) is 6.92 Å². The number of hydrogen-bond acceptors (Lipinski definition) is 1. The summed E-state index contributed by atoms with van der Waals surface area (Å²) in [4.78, 5) is 13.5. The summed E-state index contributed by atoms with van der Waals surface area (Å²) in [5.74, 6) is -0.0477. The second-order valence-electron chi connectivity index (χ2n) is 3.48. The molecule has 0 aromatic heterocycles. The van der Waals surface area contributed by atoms with E-state index in [0.29, 0.717) is 6.54 Å². The Bertz CT molecular complexity index is 349. The van der Waals surface area contributed by atoms with Gasteiger partial charge >= 0.3 is 0 Å². The van der Waals surface area contributed by atoms with E-state index in [4.69, 9.17) is 11.6 Å². The van der Waals surface area contributed by atoms with Gasteiger partial charge in [-0.25, -0.2) is 0 Å². The van der Waals surface area contributed by atoms with E-state index in [2.05, 4.69) is 0 Å². The van der Waals surface area contributed by atoms with Gasteiger partial charge in [-0.15, -0.1) is 11.6 Å². The van der Waals surface area contributed by atoms with Gasteiger partial charge in [0.25, 0.3) is 0 Å². The van der Waals surface area contributed by atoms with Crippen molar-refractivity contribution in [3.8, 4) is 0 Å². The van der Waals surface area contributed by atoms with Crippen LogP contribution in [0.1, 0.15) is 19.4 Å². The first-order valence-electron chi connectivity index (χ1n) is 5.09. The third-order valence-electron chi connectivity index (χ3n) is 2.33. The molecule has 0 heterocycles. The van der Waals surface area contributed by atoms with Gasteiger partial charge in [0.2, 0.25) is 5.91 Å². The lowest BCUT2D eigenvalue weighted by atomic mass is 10.1. The largest absolute Gasteiger partial charge is 0.311 e. The van der Waals surface area contributed by atoms with Crippen molar-refractivity contribution in [1.29, 1.82) is 0 Å². The van der Waals surface area contributed by atoms with E-state index >= 15 is 0 Å². The molecule has 0 N–H and O–H groups in total. The Labute approximate surface area is 95.8 Å². The van der Waals surface area contributed by atoms with Crippen molar-refractivity contribution in [2.75, 3.05) is 11.4 Å². The molecule has 3 heteroatoms. The fraction of sp³-hybridized carbons (Fsp3) is 0.417. The number of amides is 1. The molecular formula is C12H16ClNO. The average molecular weight is 226 g/mol. The number of carbonyl (C=O) groups is 1. The minimum atomic E-state index is -0.482. The number of carbonyl (C=O) groups excluding carboxylic acids is 1. The van der Waals surface area contributed by atoms with Gasteiger partial charge in [0.05, 0.1) is 0 Å². The SMILES string of the molecule is CCN(C(=O)[C@H](C)Cl)c1ccccc1C. The quantitative estimate of drug-likeness (QED) is 0.725. The highest BCUT2D eigenvalue weighted by molar-refractivity contribution is 6.32. The number of rotatable bonds is 3. The average Bonchev–Trinajstić information content (AvgIpc) is 2.21. The lowest BCUT2D eigenvalue weighted by molar-refractivity contribution is -0.118. The second-order valence-corrected chi connectivity index (χ2v) is 4.14. The Morgan fingerprint density at radius 3 is 2.53 bits per heavy atom. The lowest BCUT2D eigenvalue weighted by Crippen LogP contribution is -2.36. The van der Waals surface area contributed by atoms with Crippen molar-refractivity contribution in [1.82, 2.24) is 0 Å². The van der Waals surface area contributed by atoms with Crippen molar-refractivity contribution in [2.24, 2.45) is 0 Å². The van der Waals surface area contributed by atoms with Crippen LogP contribution in [-0.4, -0.2) is 17.8 Å². The van der Waals surface area contributed by atoms with Gasteiger partial charge in [-0.1, -0.05) is 18.2 Å². The normalized spacial score (nSPS) is 12.3. The number of benzene rings is 1. The van der Waals surface area contributed by atoms with Gasteiger partial charge in [-0.3, -0.25) is 4.79 Å². The van der Waals surface area contributed by atoms with Crippen molar-refractivity contribution in [2.45, 2.75) is 26.1 Å². The summed E-state index contributed by atoms with van der Waals surface area (Å²) >= 11 is 5.81. The molecule has 0 bridgehead atoms. The van der Waals surface area contributed by atoms with Gasteiger partial charge in [0.1, 0.15) is 5.38 Å². The van der Waals surface area contributed by atoms with Crippen LogP contribution in [0.5, 0.6) is 0 Å². The maximum atomic E-state index is 11.8. The zero-order valence-electron chi connectivity index (χ0n) is 9.33. The highest BCUT2D eigenvalue weighted by atomic mass is 35.5. The molecule has 0 aliphatic heterocycles. The number of nitrogens with zero attached hydrogens (tertiary/aromatic N) is 1. The number of halogens is 1. The first kappa shape index (κ1) is 12.1. The van der Waals surface area contributed by atoms with Crippen LogP contribution >= 0.6 is 11.6 Å². The zero-order chi connectivity index (χ0) is 11.4. The molecule has 0 aliphatic carbocycles. The van der Waals surface area contributed by atoms with Crippen molar-refractivity contribution in [3.05, 3.63) is 29.8 Å². The first-order valence-corrected chi connectivity index (χ1v) is 5.52. The van der Waals surface area contributed by atoms with Gasteiger partial charge < -0.3 is 4.90 Å². The number of alkyl halides is 1. The third-order valence-corrected chi connectivity index (χ3v) is 2.52. The van der Waals surface area contributed by atoms with Crippen LogP contribution in [-0.2, 0) is 4.79 Å². The minimum Gasteiger partial charge on any atom is -0.311 e. The van der Waals surface area contributed by atoms with Crippen LogP contribution in [0.4, 0.5) is 5.69 Å². The highest BCUT2D eigenvalue weighted by Gasteiger charge is 2.19. The fourth-order valence-corrected chi connectivity index (χ4v) is 1.64. The number of hydrogen-bond donors (Lipinski definition) is 0. The van der Waals surface area contributed by atoms with E-state index in [9.17, 15) is 4.79 Å². The third kappa shape index (κ3) is 2.72. The maximum absolute atomic E-state index is 11.8. The summed E-state index contributed by atoms with van der Waals surface area (Å²) in [6.07, 6.45) is 0. The van der Waals surface area contributed by atoms with Crippen LogP contribution in [0.25, 0.3) is 0 Å². The predicted octanol–water partition coefficient (Wildman–Crippen LogP) is 2.98. The Kier molecular flexibility index (Phi) is 4.15. The topological polar surface area (TPSA) is 20.3 Å². The van der Waals surface area contributed by atoms with Crippen molar-refractivity contribution >= 4 is 23.2 Å². The molecule has 2 nitrogen and oxygen atoms in total. The Morgan fingerprint density at radius 1 is 1.47 bits per heavy atom. The molecule has 82 valence electrons. The van der Waals surface area contributed by atoms with Gasteiger partial charge in [-0.2, -0.15) is 0 Å². The fourth-order valence-electron chi connectivity index (χ4n) is 1.53. The molecular weight excluding hydrogens is 210 g/mol. The molecule has 0 unspecified atom stereocenters. The smallest absolute Gasteiger partial charge is 0.244 e. The molecule has 0 radical (unpaired) electrons. The number of anilines is 1.